The molecule has 1 aromatic carbocycles. The number of pyridine rings is 2. The molecule has 164 valence electrons. The molecule has 4 heterocycles. The van der Waals surface area contributed by atoms with Gasteiger partial charge in [-0.05, 0) is 76.4 Å². The molecular formula is C19H12Cl2I2N6O2S. The molecule has 0 aliphatic rings. The molecule has 5 aromatic rings. The maximum absolute atomic E-state index is 12.7. The quantitative estimate of drug-likeness (QED) is 0.244. The Kier molecular flexibility index (Phi) is 6.91. The monoisotopic (exact) mass is 712 g/mol. The summed E-state index contributed by atoms with van der Waals surface area (Å²) in [5, 5.41) is 13.4. The fraction of sp³-hybridized carbons (Fsp3) is 0.0526. The molecular weight excluding hydrogens is 701 g/mol. The van der Waals surface area contributed by atoms with Gasteiger partial charge >= 0.3 is 0 Å². The van der Waals surface area contributed by atoms with Gasteiger partial charge in [-0.1, -0.05) is 40.9 Å². The highest BCUT2D eigenvalue weighted by Crippen LogP contribution is 2.28. The lowest BCUT2D eigenvalue weighted by Gasteiger charge is -2.05. The van der Waals surface area contributed by atoms with E-state index in [1.54, 1.807) is 42.6 Å². The third-order valence-corrected chi connectivity index (χ3v) is 8.10. The van der Waals surface area contributed by atoms with Crippen LogP contribution in [-0.2, 0) is 10.0 Å². The maximum atomic E-state index is 12.7. The fourth-order valence-electron chi connectivity index (χ4n) is 2.79. The summed E-state index contributed by atoms with van der Waals surface area (Å²) in [6, 6.07) is 9.94. The van der Waals surface area contributed by atoms with Crippen LogP contribution in [0.3, 0.4) is 0 Å². The number of nitrogens with zero attached hydrogens (tertiary/aromatic N) is 5. The average Bonchev–Trinajstić information content (AvgIpc) is 3.31. The zero-order valence-corrected chi connectivity index (χ0v) is 22.7. The topological polar surface area (TPSA) is 106 Å². The Morgan fingerprint density at radius 3 is 2.22 bits per heavy atom. The SMILES string of the molecule is Cc1ccc(S(=O)(=O)n2nc(I)c3c(Cl)ccnc32)cc1.Clc1ccnc2n[nH]c(I)c12. The van der Waals surface area contributed by atoms with E-state index in [1.807, 2.05) is 29.5 Å². The van der Waals surface area contributed by atoms with E-state index < -0.39 is 10.0 Å². The van der Waals surface area contributed by atoms with Crippen LogP contribution in [0.15, 0.2) is 53.7 Å². The fourth-order valence-corrected chi connectivity index (χ4v) is 6.36. The van der Waals surface area contributed by atoms with Gasteiger partial charge in [-0.2, -0.15) is 13.5 Å². The van der Waals surface area contributed by atoms with Gasteiger partial charge in [0.25, 0.3) is 10.0 Å². The molecule has 0 aliphatic heterocycles. The number of rotatable bonds is 2. The third-order valence-electron chi connectivity index (χ3n) is 4.35. The molecule has 13 heteroatoms. The minimum atomic E-state index is -3.80. The van der Waals surface area contributed by atoms with E-state index in [2.05, 4.69) is 47.9 Å². The van der Waals surface area contributed by atoms with Gasteiger partial charge in [0.15, 0.2) is 11.3 Å². The van der Waals surface area contributed by atoms with Crippen molar-refractivity contribution in [2.45, 2.75) is 11.8 Å². The Balaban J connectivity index is 0.000000186. The molecule has 0 saturated carbocycles. The minimum Gasteiger partial charge on any atom is -0.269 e. The van der Waals surface area contributed by atoms with Crippen molar-refractivity contribution in [3.63, 3.8) is 0 Å². The van der Waals surface area contributed by atoms with Crippen molar-refractivity contribution in [3.8, 4) is 0 Å². The highest BCUT2D eigenvalue weighted by atomic mass is 127. The maximum Gasteiger partial charge on any atom is 0.284 e. The summed E-state index contributed by atoms with van der Waals surface area (Å²) in [5.41, 5.74) is 1.88. The second-order valence-electron chi connectivity index (χ2n) is 6.47. The second-order valence-corrected chi connectivity index (χ2v) is 11.2. The largest absolute Gasteiger partial charge is 0.284 e. The molecule has 4 aromatic heterocycles. The van der Waals surface area contributed by atoms with Crippen LogP contribution in [-0.4, -0.2) is 37.8 Å². The van der Waals surface area contributed by atoms with Crippen molar-refractivity contribution in [1.82, 2.24) is 29.4 Å². The van der Waals surface area contributed by atoms with E-state index in [1.165, 1.54) is 6.20 Å². The van der Waals surface area contributed by atoms with Crippen LogP contribution in [0.25, 0.3) is 22.1 Å². The van der Waals surface area contributed by atoms with Crippen LogP contribution in [0.5, 0.6) is 0 Å². The van der Waals surface area contributed by atoms with Gasteiger partial charge in [0.1, 0.15) is 7.40 Å². The molecule has 0 amide bonds. The van der Waals surface area contributed by atoms with E-state index in [0.717, 1.165) is 18.7 Å². The Morgan fingerprint density at radius 2 is 1.56 bits per heavy atom. The first kappa shape index (κ1) is 23.6. The van der Waals surface area contributed by atoms with E-state index >= 15 is 0 Å². The first-order valence-corrected chi connectivity index (χ1v) is 13.2. The average molecular weight is 713 g/mol. The van der Waals surface area contributed by atoms with Crippen molar-refractivity contribution in [1.29, 1.82) is 0 Å². The predicted octanol–water partition coefficient (Wildman–Crippen LogP) is 5.45. The van der Waals surface area contributed by atoms with Gasteiger partial charge in [-0.25, -0.2) is 9.97 Å². The van der Waals surface area contributed by atoms with Crippen molar-refractivity contribution in [3.05, 3.63) is 71.8 Å². The number of hydrogen-bond acceptors (Lipinski definition) is 6. The van der Waals surface area contributed by atoms with Crippen LogP contribution >= 0.6 is 68.4 Å². The van der Waals surface area contributed by atoms with E-state index in [9.17, 15) is 8.42 Å². The van der Waals surface area contributed by atoms with Crippen LogP contribution in [0, 0.1) is 14.3 Å². The molecule has 5 rings (SSSR count). The van der Waals surface area contributed by atoms with Crippen LogP contribution in [0.4, 0.5) is 0 Å². The smallest absolute Gasteiger partial charge is 0.269 e. The summed E-state index contributed by atoms with van der Waals surface area (Å²) >= 11 is 16.1. The molecule has 0 radical (unpaired) electrons. The zero-order valence-electron chi connectivity index (χ0n) is 16.1. The molecule has 0 aliphatic carbocycles. The molecule has 0 unspecified atom stereocenters. The van der Waals surface area contributed by atoms with Gasteiger partial charge in [0.05, 0.1) is 25.7 Å². The second kappa shape index (κ2) is 9.37. The number of aryl methyl sites for hydroxylation is 1. The minimum absolute atomic E-state index is 0.163. The van der Waals surface area contributed by atoms with Gasteiger partial charge in [-0.15, -0.1) is 9.19 Å². The molecule has 0 spiro atoms. The Bertz CT molecular complexity index is 1550. The molecule has 0 saturated heterocycles. The number of hydrogen-bond donors (Lipinski definition) is 1. The summed E-state index contributed by atoms with van der Waals surface area (Å²) in [5.74, 6) is 0. The number of benzene rings is 1. The van der Waals surface area contributed by atoms with Crippen molar-refractivity contribution < 1.29 is 8.42 Å². The number of aromatic amines is 1. The van der Waals surface area contributed by atoms with Crippen molar-refractivity contribution >= 4 is 100 Å². The Morgan fingerprint density at radius 1 is 0.938 bits per heavy atom. The van der Waals surface area contributed by atoms with E-state index in [0.29, 0.717) is 24.8 Å². The van der Waals surface area contributed by atoms with Crippen molar-refractivity contribution in [2.24, 2.45) is 0 Å². The summed E-state index contributed by atoms with van der Waals surface area (Å²) in [6.45, 7) is 1.89. The summed E-state index contributed by atoms with van der Waals surface area (Å²) in [7, 11) is -3.80. The number of fused-ring (bicyclic) bond motifs is 2. The number of halogens is 4. The summed E-state index contributed by atoms with van der Waals surface area (Å²) in [4.78, 5) is 8.30. The zero-order chi connectivity index (χ0) is 23.0. The first-order valence-electron chi connectivity index (χ1n) is 8.85. The van der Waals surface area contributed by atoms with Crippen LogP contribution in [0.2, 0.25) is 10.0 Å². The standard InChI is InChI=1S/C13H9ClIN3O2S.C6H3ClIN3/c1-8-2-4-9(5-3-8)21(19,20)18-13-11(12(15)17-18)10(14)6-7-16-13;7-3-1-2-9-6-4(3)5(8)10-11-6/h2-7H,1H3;1-2H,(H,9,10,11). The van der Waals surface area contributed by atoms with Gasteiger partial charge in [0.2, 0.25) is 0 Å². The van der Waals surface area contributed by atoms with Crippen LogP contribution in [0.1, 0.15) is 5.56 Å². The van der Waals surface area contributed by atoms with Gasteiger partial charge < -0.3 is 0 Å². The molecule has 32 heavy (non-hydrogen) atoms. The first-order chi connectivity index (χ1) is 15.2. The number of nitrogens with one attached hydrogen (secondary N) is 1. The predicted molar refractivity (Wildman–Crippen MR) is 141 cm³/mol. The molecule has 8 nitrogen and oxygen atoms in total. The molecule has 0 fully saturated rings. The van der Waals surface area contributed by atoms with Crippen molar-refractivity contribution in [2.75, 3.05) is 0 Å². The highest BCUT2D eigenvalue weighted by molar-refractivity contribution is 14.1. The summed E-state index contributed by atoms with van der Waals surface area (Å²) in [6.07, 6.45) is 3.10. The summed E-state index contributed by atoms with van der Waals surface area (Å²) < 4.78 is 27.7. The van der Waals surface area contributed by atoms with Crippen LogP contribution < -0.4 is 0 Å². The number of aromatic nitrogens is 6. The molecule has 0 bridgehead atoms. The normalized spacial score (nSPS) is 11.5. The lowest BCUT2D eigenvalue weighted by Crippen LogP contribution is -2.15. The van der Waals surface area contributed by atoms with E-state index in [4.69, 9.17) is 23.2 Å². The number of H-pyrrole nitrogens is 1. The lowest BCUT2D eigenvalue weighted by molar-refractivity contribution is 0.581. The van der Waals surface area contributed by atoms with Gasteiger partial charge in [-0.3, -0.25) is 5.10 Å². The molecule has 0 atom stereocenters. The van der Waals surface area contributed by atoms with E-state index in [-0.39, 0.29) is 10.5 Å². The highest BCUT2D eigenvalue weighted by Gasteiger charge is 2.24. The Hall–Kier alpha value is -1.55. The Labute approximate surface area is 220 Å². The van der Waals surface area contributed by atoms with Gasteiger partial charge in [0, 0.05) is 12.4 Å². The molecule has 1 N–H and O–H groups in total. The third kappa shape index (κ3) is 4.44. The lowest BCUT2D eigenvalue weighted by atomic mass is 10.2.